The topological polar surface area (TPSA) is 12.0 Å². The van der Waals surface area contributed by atoms with Crippen LogP contribution in [0.1, 0.15) is 43.0 Å². The Morgan fingerprint density at radius 2 is 1.95 bits per heavy atom. The third-order valence-electron chi connectivity index (χ3n) is 3.55. The van der Waals surface area contributed by atoms with Gasteiger partial charge in [-0.1, -0.05) is 13.8 Å². The summed E-state index contributed by atoms with van der Waals surface area (Å²) in [5, 5.41) is 4.35. The van der Waals surface area contributed by atoms with Crippen molar-refractivity contribution in [1.82, 2.24) is 5.32 Å². The van der Waals surface area contributed by atoms with E-state index in [1.54, 1.807) is 11.3 Å². The van der Waals surface area contributed by atoms with E-state index in [1.807, 2.05) is 0 Å². The summed E-state index contributed by atoms with van der Waals surface area (Å²) in [7, 11) is 0. The van der Waals surface area contributed by atoms with E-state index in [1.165, 1.54) is 29.9 Å². The molecule has 4 heteroatoms. The van der Waals surface area contributed by atoms with Gasteiger partial charge in [0, 0.05) is 22.2 Å². The van der Waals surface area contributed by atoms with E-state index >= 15 is 0 Å². The minimum Gasteiger partial charge on any atom is -0.309 e. The van der Waals surface area contributed by atoms with Crippen LogP contribution in [0.2, 0.25) is 0 Å². The third-order valence-corrected chi connectivity index (χ3v) is 4.72. The highest BCUT2D eigenvalue weighted by atomic mass is 32.1. The molecule has 1 N–H and O–H groups in total. The van der Waals surface area contributed by atoms with E-state index in [0.29, 0.717) is 12.0 Å². The van der Waals surface area contributed by atoms with Crippen molar-refractivity contribution in [2.24, 2.45) is 0 Å². The van der Waals surface area contributed by atoms with Crippen molar-refractivity contribution in [3.8, 4) is 0 Å². The summed E-state index contributed by atoms with van der Waals surface area (Å²) < 4.78 is 27.6. The van der Waals surface area contributed by atoms with Gasteiger partial charge in [-0.3, -0.25) is 0 Å². The molecule has 0 radical (unpaired) electrons. The average molecular weight is 281 g/mol. The number of halogens is 2. The lowest BCUT2D eigenvalue weighted by atomic mass is 9.99. The van der Waals surface area contributed by atoms with Crippen molar-refractivity contribution < 1.29 is 8.78 Å². The molecular weight excluding hydrogens is 264 g/mol. The lowest BCUT2D eigenvalue weighted by molar-refractivity contribution is 0.511. The summed E-state index contributed by atoms with van der Waals surface area (Å²) in [6.45, 7) is 5.01. The first-order valence-corrected chi connectivity index (χ1v) is 7.51. The monoisotopic (exact) mass is 281 g/mol. The van der Waals surface area contributed by atoms with E-state index in [4.69, 9.17) is 0 Å². The molecule has 1 aliphatic rings. The van der Waals surface area contributed by atoms with Crippen molar-refractivity contribution in [2.75, 3.05) is 0 Å². The fraction of sp³-hybridized carbons (Fsp3) is 0.467. The first-order chi connectivity index (χ1) is 9.06. The maximum atomic E-state index is 13.4. The molecule has 1 aliphatic carbocycles. The molecule has 1 saturated carbocycles. The predicted octanol–water partition coefficient (Wildman–Crippen LogP) is 4.55. The molecule has 0 amide bonds. The SMILES string of the molecule is CC(C)c1c(CNC2CC2)sc2cc(F)c(F)cc12. The normalized spacial score (nSPS) is 15.6. The number of thiophene rings is 1. The summed E-state index contributed by atoms with van der Waals surface area (Å²) in [5.74, 6) is -1.20. The van der Waals surface area contributed by atoms with Gasteiger partial charge < -0.3 is 5.32 Å². The average Bonchev–Trinajstić information content (AvgIpc) is 3.10. The molecular formula is C15H17F2NS. The van der Waals surface area contributed by atoms with Gasteiger partial charge in [0.15, 0.2) is 11.6 Å². The highest BCUT2D eigenvalue weighted by molar-refractivity contribution is 7.19. The molecule has 1 aromatic carbocycles. The standard InChI is InChI=1S/C15H17F2NS/c1-8(2)15-10-5-11(16)12(17)6-13(10)19-14(15)7-18-9-3-4-9/h5-6,8-9,18H,3-4,7H2,1-2H3. The molecule has 2 aromatic rings. The smallest absolute Gasteiger partial charge is 0.160 e. The van der Waals surface area contributed by atoms with Crippen molar-refractivity contribution in [2.45, 2.75) is 45.2 Å². The van der Waals surface area contributed by atoms with Gasteiger partial charge in [0.05, 0.1) is 0 Å². The summed E-state index contributed by atoms with van der Waals surface area (Å²) in [4.78, 5) is 1.21. The second-order valence-corrected chi connectivity index (χ2v) is 6.65. The molecule has 1 heterocycles. The van der Waals surface area contributed by atoms with E-state index in [9.17, 15) is 8.78 Å². The summed E-state index contributed by atoms with van der Waals surface area (Å²) in [5.41, 5.74) is 1.16. The van der Waals surface area contributed by atoms with Crippen molar-refractivity contribution in [3.63, 3.8) is 0 Å². The zero-order chi connectivity index (χ0) is 13.6. The third kappa shape index (κ3) is 2.51. The minimum atomic E-state index is -0.759. The zero-order valence-corrected chi connectivity index (χ0v) is 11.9. The minimum absolute atomic E-state index is 0.314. The molecule has 3 rings (SSSR count). The van der Waals surface area contributed by atoms with Crippen LogP contribution in [-0.4, -0.2) is 6.04 Å². The lowest BCUT2D eigenvalue weighted by Gasteiger charge is -2.09. The van der Waals surface area contributed by atoms with E-state index in [0.717, 1.165) is 22.2 Å². The highest BCUT2D eigenvalue weighted by Gasteiger charge is 2.22. The fourth-order valence-corrected chi connectivity index (χ4v) is 3.77. The molecule has 102 valence electrons. The van der Waals surface area contributed by atoms with Gasteiger partial charge in [-0.15, -0.1) is 11.3 Å². The Morgan fingerprint density at radius 1 is 1.26 bits per heavy atom. The molecule has 0 unspecified atom stereocenters. The van der Waals surface area contributed by atoms with Crippen LogP contribution < -0.4 is 5.32 Å². The maximum absolute atomic E-state index is 13.4. The fourth-order valence-electron chi connectivity index (χ4n) is 2.45. The Balaban J connectivity index is 2.05. The second-order valence-electron chi connectivity index (χ2n) is 5.51. The van der Waals surface area contributed by atoms with Crippen LogP contribution in [-0.2, 0) is 6.54 Å². The molecule has 0 saturated heterocycles. The van der Waals surface area contributed by atoms with Crippen LogP contribution in [0.5, 0.6) is 0 Å². The molecule has 0 atom stereocenters. The van der Waals surface area contributed by atoms with Crippen molar-refractivity contribution >= 4 is 21.4 Å². The van der Waals surface area contributed by atoms with Crippen LogP contribution in [0.4, 0.5) is 8.78 Å². The van der Waals surface area contributed by atoms with Crippen LogP contribution in [0.15, 0.2) is 12.1 Å². The molecule has 0 spiro atoms. The Kier molecular flexibility index (Phi) is 3.31. The quantitative estimate of drug-likeness (QED) is 0.866. The van der Waals surface area contributed by atoms with E-state index in [2.05, 4.69) is 19.2 Å². The molecule has 1 nitrogen and oxygen atoms in total. The molecule has 1 aromatic heterocycles. The summed E-state index contributed by atoms with van der Waals surface area (Å²) in [6, 6.07) is 3.30. The molecule has 0 bridgehead atoms. The van der Waals surface area contributed by atoms with Crippen LogP contribution in [0.25, 0.3) is 10.1 Å². The Hall–Kier alpha value is -1.00. The number of benzene rings is 1. The second kappa shape index (κ2) is 4.84. The predicted molar refractivity (Wildman–Crippen MR) is 75.7 cm³/mol. The number of hydrogen-bond donors (Lipinski definition) is 1. The number of hydrogen-bond acceptors (Lipinski definition) is 2. The first kappa shape index (κ1) is 13.0. The van der Waals surface area contributed by atoms with Gasteiger partial charge in [-0.05, 0) is 41.8 Å². The van der Waals surface area contributed by atoms with E-state index < -0.39 is 11.6 Å². The maximum Gasteiger partial charge on any atom is 0.160 e. The Bertz CT molecular complexity index is 614. The van der Waals surface area contributed by atoms with Crippen LogP contribution in [0, 0.1) is 11.6 Å². The number of nitrogens with one attached hydrogen (secondary N) is 1. The lowest BCUT2D eigenvalue weighted by Crippen LogP contribution is -2.15. The van der Waals surface area contributed by atoms with Gasteiger partial charge in [-0.25, -0.2) is 8.78 Å². The summed E-state index contributed by atoms with van der Waals surface area (Å²) in [6.07, 6.45) is 2.48. The van der Waals surface area contributed by atoms with Gasteiger partial charge in [0.1, 0.15) is 0 Å². The largest absolute Gasteiger partial charge is 0.309 e. The van der Waals surface area contributed by atoms with Gasteiger partial charge in [0.25, 0.3) is 0 Å². The van der Waals surface area contributed by atoms with Crippen LogP contribution in [0.3, 0.4) is 0 Å². The Morgan fingerprint density at radius 3 is 2.58 bits per heavy atom. The molecule has 1 fully saturated rings. The number of fused-ring (bicyclic) bond motifs is 1. The van der Waals surface area contributed by atoms with Gasteiger partial charge >= 0.3 is 0 Å². The summed E-state index contributed by atoms with van der Waals surface area (Å²) >= 11 is 1.58. The number of rotatable bonds is 4. The molecule has 0 aliphatic heterocycles. The first-order valence-electron chi connectivity index (χ1n) is 6.70. The van der Waals surface area contributed by atoms with Gasteiger partial charge in [0.2, 0.25) is 0 Å². The highest BCUT2D eigenvalue weighted by Crippen LogP contribution is 2.37. The Labute approximate surface area is 115 Å². The van der Waals surface area contributed by atoms with Crippen LogP contribution >= 0.6 is 11.3 Å². The van der Waals surface area contributed by atoms with Crippen molar-refractivity contribution in [1.29, 1.82) is 0 Å². The van der Waals surface area contributed by atoms with Crippen molar-refractivity contribution in [3.05, 3.63) is 34.2 Å². The van der Waals surface area contributed by atoms with E-state index in [-0.39, 0.29) is 0 Å². The zero-order valence-electron chi connectivity index (χ0n) is 11.1. The molecule has 19 heavy (non-hydrogen) atoms. The van der Waals surface area contributed by atoms with Gasteiger partial charge in [-0.2, -0.15) is 0 Å².